The molecule has 0 aliphatic heterocycles. The van der Waals surface area contributed by atoms with Gasteiger partial charge in [-0.25, -0.2) is 8.78 Å². The predicted molar refractivity (Wildman–Crippen MR) is 62.3 cm³/mol. The van der Waals surface area contributed by atoms with Crippen LogP contribution in [-0.2, 0) is 5.54 Å². The number of methoxy groups -OCH3 is 1. The molecule has 0 radical (unpaired) electrons. The van der Waals surface area contributed by atoms with E-state index in [-0.39, 0.29) is 5.75 Å². The third kappa shape index (κ3) is 2.00. The van der Waals surface area contributed by atoms with E-state index in [1.807, 2.05) is 0 Å². The Hall–Kier alpha value is -0.870. The van der Waals surface area contributed by atoms with Gasteiger partial charge in [0.05, 0.1) is 7.11 Å². The minimum Gasteiger partial charge on any atom is -0.493 e. The van der Waals surface area contributed by atoms with Crippen LogP contribution < -0.4 is 10.5 Å². The second-order valence-corrected chi connectivity index (χ2v) is 4.81. The molecule has 0 amide bonds. The van der Waals surface area contributed by atoms with Crippen molar-refractivity contribution in [1.82, 2.24) is 0 Å². The van der Waals surface area contributed by atoms with Gasteiger partial charge in [-0.2, -0.15) is 0 Å². The van der Waals surface area contributed by atoms with Crippen molar-refractivity contribution in [2.75, 3.05) is 7.11 Å². The molecule has 1 aliphatic carbocycles. The molecular formula is C12H14ClF2NO. The maximum atomic E-state index is 13.8. The van der Waals surface area contributed by atoms with Crippen LogP contribution in [0, 0.1) is 11.6 Å². The summed E-state index contributed by atoms with van der Waals surface area (Å²) in [5.74, 6) is -1.71. The van der Waals surface area contributed by atoms with Gasteiger partial charge in [0, 0.05) is 11.1 Å². The summed E-state index contributed by atoms with van der Waals surface area (Å²) in [6, 6.07) is 1.19. The smallest absolute Gasteiger partial charge is 0.186 e. The lowest BCUT2D eigenvalue weighted by molar-refractivity contribution is 0.353. The third-order valence-electron chi connectivity index (χ3n) is 3.35. The third-order valence-corrected chi connectivity index (χ3v) is 3.70. The largest absolute Gasteiger partial charge is 0.493 e. The molecule has 1 aliphatic rings. The summed E-state index contributed by atoms with van der Waals surface area (Å²) in [5.41, 5.74) is 5.85. The van der Waals surface area contributed by atoms with Crippen molar-refractivity contribution in [2.24, 2.45) is 5.73 Å². The molecular weight excluding hydrogens is 248 g/mol. The van der Waals surface area contributed by atoms with Crippen LogP contribution >= 0.6 is 11.6 Å². The van der Waals surface area contributed by atoms with Gasteiger partial charge in [0.25, 0.3) is 0 Å². The first-order chi connectivity index (χ1) is 7.99. The van der Waals surface area contributed by atoms with Gasteiger partial charge in [-0.05, 0) is 18.9 Å². The molecule has 1 aromatic carbocycles. The average Bonchev–Trinajstić information content (AvgIpc) is 2.74. The van der Waals surface area contributed by atoms with E-state index in [4.69, 9.17) is 22.1 Å². The zero-order valence-corrected chi connectivity index (χ0v) is 10.3. The van der Waals surface area contributed by atoms with Gasteiger partial charge in [0.15, 0.2) is 11.6 Å². The molecule has 2 N–H and O–H groups in total. The van der Waals surface area contributed by atoms with E-state index in [1.165, 1.54) is 13.2 Å². The standard InChI is InChI=1S/C12H14ClF2NO/c1-17-11-7(12(16)4-2-3-5-12)6-8(14)9(13)10(11)15/h6H,2-5,16H2,1H3. The number of halogens is 3. The molecule has 0 saturated heterocycles. The van der Waals surface area contributed by atoms with Crippen LogP contribution in [0.15, 0.2) is 6.07 Å². The molecule has 2 rings (SSSR count). The number of hydrogen-bond acceptors (Lipinski definition) is 2. The zero-order valence-electron chi connectivity index (χ0n) is 9.53. The fourth-order valence-corrected chi connectivity index (χ4v) is 2.56. The van der Waals surface area contributed by atoms with Gasteiger partial charge in [-0.1, -0.05) is 24.4 Å². The van der Waals surface area contributed by atoms with E-state index in [1.54, 1.807) is 0 Å². The molecule has 5 heteroatoms. The quantitative estimate of drug-likeness (QED) is 0.829. The Morgan fingerprint density at radius 2 is 1.94 bits per heavy atom. The average molecular weight is 262 g/mol. The second-order valence-electron chi connectivity index (χ2n) is 4.43. The summed E-state index contributed by atoms with van der Waals surface area (Å²) in [4.78, 5) is 0. The molecule has 1 saturated carbocycles. The van der Waals surface area contributed by atoms with Crippen molar-refractivity contribution >= 4 is 11.6 Å². The highest BCUT2D eigenvalue weighted by Gasteiger charge is 2.36. The van der Waals surface area contributed by atoms with Crippen LogP contribution in [0.5, 0.6) is 5.75 Å². The first-order valence-electron chi connectivity index (χ1n) is 5.50. The van der Waals surface area contributed by atoms with Crippen molar-refractivity contribution in [3.05, 3.63) is 28.3 Å². The summed E-state index contributed by atoms with van der Waals surface area (Å²) in [5, 5.41) is -0.549. The Morgan fingerprint density at radius 1 is 1.35 bits per heavy atom. The molecule has 1 aromatic rings. The van der Waals surface area contributed by atoms with Crippen LogP contribution in [0.25, 0.3) is 0 Å². The predicted octanol–water partition coefficient (Wildman–Crippen LogP) is 3.35. The molecule has 0 unspecified atom stereocenters. The maximum absolute atomic E-state index is 13.8. The van der Waals surface area contributed by atoms with Crippen molar-refractivity contribution in [3.63, 3.8) is 0 Å². The molecule has 94 valence electrons. The van der Waals surface area contributed by atoms with Crippen molar-refractivity contribution in [2.45, 2.75) is 31.2 Å². The Labute approximate surface area is 104 Å². The van der Waals surface area contributed by atoms with Crippen LogP contribution in [-0.4, -0.2) is 7.11 Å². The monoisotopic (exact) mass is 261 g/mol. The Bertz CT molecular complexity index is 445. The summed E-state index contributed by atoms with van der Waals surface area (Å²) < 4.78 is 32.3. The lowest BCUT2D eigenvalue weighted by Gasteiger charge is -2.26. The summed E-state index contributed by atoms with van der Waals surface area (Å²) in [7, 11) is 1.33. The van der Waals surface area contributed by atoms with Gasteiger partial charge >= 0.3 is 0 Å². The molecule has 17 heavy (non-hydrogen) atoms. The molecule has 0 aromatic heterocycles. The van der Waals surface area contributed by atoms with Gasteiger partial charge in [0.2, 0.25) is 0 Å². The maximum Gasteiger partial charge on any atom is 0.186 e. The van der Waals surface area contributed by atoms with Crippen molar-refractivity contribution in [3.8, 4) is 5.75 Å². The Morgan fingerprint density at radius 3 is 2.47 bits per heavy atom. The van der Waals surface area contributed by atoms with Gasteiger partial charge in [0.1, 0.15) is 10.8 Å². The normalized spacial score (nSPS) is 18.4. The molecule has 0 spiro atoms. The van der Waals surface area contributed by atoms with E-state index in [0.29, 0.717) is 18.4 Å². The topological polar surface area (TPSA) is 35.2 Å². The minimum atomic E-state index is -0.874. The van der Waals surface area contributed by atoms with Crippen LogP contribution in [0.2, 0.25) is 5.02 Å². The van der Waals surface area contributed by atoms with Crippen LogP contribution in [0.1, 0.15) is 31.2 Å². The minimum absolute atomic E-state index is 0.0409. The van der Waals surface area contributed by atoms with Crippen LogP contribution in [0.3, 0.4) is 0 Å². The molecule has 0 bridgehead atoms. The van der Waals surface area contributed by atoms with Crippen molar-refractivity contribution in [1.29, 1.82) is 0 Å². The highest BCUT2D eigenvalue weighted by molar-refractivity contribution is 6.31. The van der Waals surface area contributed by atoms with Gasteiger partial charge < -0.3 is 10.5 Å². The highest BCUT2D eigenvalue weighted by Crippen LogP contribution is 2.43. The highest BCUT2D eigenvalue weighted by atomic mass is 35.5. The van der Waals surface area contributed by atoms with E-state index < -0.39 is 22.2 Å². The number of ether oxygens (including phenoxy) is 1. The van der Waals surface area contributed by atoms with E-state index in [2.05, 4.69) is 0 Å². The van der Waals surface area contributed by atoms with Gasteiger partial charge in [-0.3, -0.25) is 0 Å². The SMILES string of the molecule is COc1c(C2(N)CCCC2)cc(F)c(Cl)c1F. The zero-order chi connectivity index (χ0) is 12.6. The molecule has 0 heterocycles. The lowest BCUT2D eigenvalue weighted by atomic mass is 9.88. The number of nitrogens with two attached hydrogens (primary N) is 1. The molecule has 1 fully saturated rings. The fraction of sp³-hybridized carbons (Fsp3) is 0.500. The summed E-state index contributed by atoms with van der Waals surface area (Å²) in [6.07, 6.45) is 3.30. The Balaban J connectivity index is 2.60. The number of benzene rings is 1. The molecule has 0 atom stereocenters. The van der Waals surface area contributed by atoms with Gasteiger partial charge in [-0.15, -0.1) is 0 Å². The number of hydrogen-bond donors (Lipinski definition) is 1. The summed E-state index contributed by atoms with van der Waals surface area (Å²) in [6.45, 7) is 0. The first-order valence-corrected chi connectivity index (χ1v) is 5.88. The molecule has 2 nitrogen and oxygen atoms in total. The summed E-state index contributed by atoms with van der Waals surface area (Å²) >= 11 is 5.51. The van der Waals surface area contributed by atoms with E-state index >= 15 is 0 Å². The second kappa shape index (κ2) is 4.42. The van der Waals surface area contributed by atoms with E-state index in [0.717, 1.165) is 12.8 Å². The lowest BCUT2D eigenvalue weighted by Crippen LogP contribution is -2.34. The first kappa shape index (κ1) is 12.6. The van der Waals surface area contributed by atoms with Crippen molar-refractivity contribution < 1.29 is 13.5 Å². The van der Waals surface area contributed by atoms with Crippen LogP contribution in [0.4, 0.5) is 8.78 Å². The fourth-order valence-electron chi connectivity index (χ4n) is 2.42. The Kier molecular flexibility index (Phi) is 3.27. The van der Waals surface area contributed by atoms with E-state index in [9.17, 15) is 8.78 Å². The number of rotatable bonds is 2.